The van der Waals surface area contributed by atoms with Crippen LogP contribution < -0.4 is 4.74 Å². The van der Waals surface area contributed by atoms with Gasteiger partial charge < -0.3 is 9.84 Å². The van der Waals surface area contributed by atoms with E-state index in [-0.39, 0.29) is 21.5 Å². The van der Waals surface area contributed by atoms with Crippen LogP contribution in [0.25, 0.3) is 0 Å². The number of hydrazone groups is 1. The lowest BCUT2D eigenvalue weighted by Crippen LogP contribution is -2.57. The van der Waals surface area contributed by atoms with Crippen LogP contribution in [-0.2, 0) is 4.79 Å². The molecule has 1 amide bonds. The molecule has 11 heteroatoms. The van der Waals surface area contributed by atoms with E-state index in [2.05, 4.69) is 21.0 Å². The molecule has 0 aliphatic carbocycles. The summed E-state index contributed by atoms with van der Waals surface area (Å²) in [5.41, 5.74) is -3.23. The van der Waals surface area contributed by atoms with Crippen LogP contribution in [0, 0.1) is 0 Å². The minimum absolute atomic E-state index is 0.00814. The van der Waals surface area contributed by atoms with Crippen molar-refractivity contribution in [2.75, 3.05) is 6.61 Å². The van der Waals surface area contributed by atoms with Gasteiger partial charge in [-0.05, 0) is 35.9 Å². The third kappa shape index (κ3) is 4.53. The van der Waals surface area contributed by atoms with Gasteiger partial charge in [0.2, 0.25) is 0 Å². The van der Waals surface area contributed by atoms with Crippen molar-refractivity contribution in [3.05, 3.63) is 62.5 Å². The summed E-state index contributed by atoms with van der Waals surface area (Å²) in [6.45, 7) is -0.823. The average Bonchev–Trinajstić information content (AvgIpc) is 3.00. The third-order valence-electron chi connectivity index (χ3n) is 4.10. The Hall–Kier alpha value is -1.81. The molecule has 0 saturated heterocycles. The van der Waals surface area contributed by atoms with Crippen LogP contribution in [0.4, 0.5) is 13.2 Å². The van der Waals surface area contributed by atoms with Crippen molar-refractivity contribution < 1.29 is 27.8 Å². The molecule has 0 radical (unpaired) electrons. The summed E-state index contributed by atoms with van der Waals surface area (Å²) in [6.07, 6.45) is -6.05. The lowest BCUT2D eigenvalue weighted by Gasteiger charge is -2.32. The standard InChI is InChI=1S/C18H12BrCl2F3N2O3/c19-11-3-1-10(2-4-11)14-8-17(28,18(22,23)24)26(25-14)16(27)9-29-15-6-5-12(20)7-13(15)21/h1-7,28H,8-9H2/t17-/m0/s1. The smallest absolute Gasteiger partial charge is 0.438 e. The Kier molecular flexibility index (Phi) is 6.14. The Labute approximate surface area is 181 Å². The van der Waals surface area contributed by atoms with E-state index in [0.717, 1.165) is 0 Å². The Morgan fingerprint density at radius 3 is 2.48 bits per heavy atom. The molecule has 1 aliphatic heterocycles. The van der Waals surface area contributed by atoms with E-state index < -0.39 is 30.8 Å². The molecule has 1 aliphatic rings. The maximum Gasteiger partial charge on any atom is 0.438 e. The number of aliphatic hydroxyl groups is 1. The summed E-state index contributed by atoms with van der Waals surface area (Å²) in [5, 5.41) is 14.4. The highest BCUT2D eigenvalue weighted by Gasteiger charge is 2.63. The number of carbonyl (C=O) groups excluding carboxylic acids is 1. The van der Waals surface area contributed by atoms with Gasteiger partial charge in [-0.25, -0.2) is 0 Å². The number of halogens is 6. The summed E-state index contributed by atoms with van der Waals surface area (Å²) >= 11 is 14.9. The summed E-state index contributed by atoms with van der Waals surface area (Å²) in [4.78, 5) is 12.4. The van der Waals surface area contributed by atoms with Gasteiger partial charge >= 0.3 is 6.18 Å². The normalized spacial score (nSPS) is 19.3. The predicted molar refractivity (Wildman–Crippen MR) is 105 cm³/mol. The van der Waals surface area contributed by atoms with Crippen molar-refractivity contribution in [3.8, 4) is 5.75 Å². The lowest BCUT2D eigenvalue weighted by atomic mass is 10.0. The molecule has 3 rings (SSSR count). The molecule has 1 N–H and O–H groups in total. The molecule has 2 aromatic carbocycles. The number of benzene rings is 2. The molecule has 0 bridgehead atoms. The SMILES string of the molecule is O=C(COc1ccc(Cl)cc1Cl)N1N=C(c2ccc(Br)cc2)C[C@]1(O)C(F)(F)F. The van der Waals surface area contributed by atoms with E-state index >= 15 is 0 Å². The molecule has 5 nitrogen and oxygen atoms in total. The van der Waals surface area contributed by atoms with Gasteiger partial charge in [-0.1, -0.05) is 51.3 Å². The van der Waals surface area contributed by atoms with E-state index in [0.29, 0.717) is 15.1 Å². The number of amides is 1. The van der Waals surface area contributed by atoms with Crippen molar-refractivity contribution in [1.29, 1.82) is 0 Å². The molecule has 29 heavy (non-hydrogen) atoms. The first kappa shape index (κ1) is 21.9. The Morgan fingerprint density at radius 2 is 1.90 bits per heavy atom. The summed E-state index contributed by atoms with van der Waals surface area (Å²) in [6, 6.07) is 10.4. The zero-order chi connectivity index (χ0) is 21.4. The van der Waals surface area contributed by atoms with E-state index in [1.807, 2.05) is 0 Å². The molecule has 2 aromatic rings. The largest absolute Gasteiger partial charge is 0.482 e. The topological polar surface area (TPSA) is 62.1 Å². The highest BCUT2D eigenvalue weighted by Crippen LogP contribution is 2.41. The second kappa shape index (κ2) is 8.14. The number of hydrogen-bond acceptors (Lipinski definition) is 4. The molecule has 154 valence electrons. The lowest BCUT2D eigenvalue weighted by molar-refractivity contribution is -0.302. The molecule has 0 saturated carbocycles. The van der Waals surface area contributed by atoms with Gasteiger partial charge in [0.1, 0.15) is 5.75 Å². The number of ether oxygens (including phenoxy) is 1. The molecule has 0 spiro atoms. The molecule has 0 fully saturated rings. The van der Waals surface area contributed by atoms with Gasteiger partial charge in [-0.15, -0.1) is 0 Å². The van der Waals surface area contributed by atoms with Crippen molar-refractivity contribution in [2.24, 2.45) is 5.10 Å². The quantitative estimate of drug-likeness (QED) is 0.626. The fourth-order valence-electron chi connectivity index (χ4n) is 2.62. The first-order chi connectivity index (χ1) is 13.5. The van der Waals surface area contributed by atoms with Gasteiger partial charge in [-0.3, -0.25) is 4.79 Å². The summed E-state index contributed by atoms with van der Waals surface area (Å²) in [7, 11) is 0. The van der Waals surface area contributed by atoms with Crippen molar-refractivity contribution in [3.63, 3.8) is 0 Å². The summed E-state index contributed by atoms with van der Waals surface area (Å²) in [5.74, 6) is -1.14. The van der Waals surface area contributed by atoms with Crippen molar-refractivity contribution in [2.45, 2.75) is 18.3 Å². The average molecular weight is 512 g/mol. The zero-order valence-electron chi connectivity index (χ0n) is 14.4. The minimum Gasteiger partial charge on any atom is -0.482 e. The fraction of sp³-hybridized carbons (Fsp3) is 0.222. The number of hydrogen-bond donors (Lipinski definition) is 1. The fourth-order valence-corrected chi connectivity index (χ4v) is 3.35. The second-order valence-electron chi connectivity index (χ2n) is 6.11. The summed E-state index contributed by atoms with van der Waals surface area (Å²) < 4.78 is 46.6. The number of alkyl halides is 3. The van der Waals surface area contributed by atoms with Gasteiger partial charge in [-0.2, -0.15) is 23.3 Å². The van der Waals surface area contributed by atoms with Crippen molar-refractivity contribution >= 4 is 50.8 Å². The van der Waals surface area contributed by atoms with Gasteiger partial charge in [0, 0.05) is 9.50 Å². The maximum atomic E-state index is 13.6. The van der Waals surface area contributed by atoms with Crippen LogP contribution in [0.2, 0.25) is 10.0 Å². The first-order valence-electron chi connectivity index (χ1n) is 8.05. The van der Waals surface area contributed by atoms with E-state index in [4.69, 9.17) is 27.9 Å². The van der Waals surface area contributed by atoms with E-state index in [9.17, 15) is 23.1 Å². The second-order valence-corrected chi connectivity index (χ2v) is 7.87. The third-order valence-corrected chi connectivity index (χ3v) is 5.16. The molecular weight excluding hydrogens is 500 g/mol. The van der Waals surface area contributed by atoms with Crippen LogP contribution in [0.15, 0.2) is 52.0 Å². The molecule has 0 aromatic heterocycles. The first-order valence-corrected chi connectivity index (χ1v) is 9.59. The van der Waals surface area contributed by atoms with Crippen LogP contribution >= 0.6 is 39.1 Å². The van der Waals surface area contributed by atoms with Gasteiger partial charge in [0.15, 0.2) is 6.61 Å². The number of nitrogens with zero attached hydrogens (tertiary/aromatic N) is 2. The van der Waals surface area contributed by atoms with Crippen LogP contribution in [0.3, 0.4) is 0 Å². The molecule has 0 unspecified atom stereocenters. The predicted octanol–water partition coefficient (Wildman–Crippen LogP) is 5.02. The highest BCUT2D eigenvalue weighted by molar-refractivity contribution is 9.10. The van der Waals surface area contributed by atoms with Gasteiger partial charge in [0.05, 0.1) is 17.2 Å². The Morgan fingerprint density at radius 1 is 1.24 bits per heavy atom. The highest BCUT2D eigenvalue weighted by atomic mass is 79.9. The van der Waals surface area contributed by atoms with Crippen molar-refractivity contribution in [1.82, 2.24) is 5.01 Å². The Balaban J connectivity index is 1.85. The number of rotatable bonds is 4. The van der Waals surface area contributed by atoms with Crippen LogP contribution in [0.5, 0.6) is 5.75 Å². The Bertz CT molecular complexity index is 970. The zero-order valence-corrected chi connectivity index (χ0v) is 17.5. The molecule has 1 atom stereocenters. The van der Waals surface area contributed by atoms with E-state index in [1.165, 1.54) is 30.3 Å². The minimum atomic E-state index is -5.14. The molecular formula is C18H12BrCl2F3N2O3. The van der Waals surface area contributed by atoms with Crippen LogP contribution in [-0.4, -0.2) is 40.2 Å². The number of carbonyl (C=O) groups is 1. The monoisotopic (exact) mass is 510 g/mol. The van der Waals surface area contributed by atoms with E-state index in [1.54, 1.807) is 12.1 Å². The molecule has 1 heterocycles. The maximum absolute atomic E-state index is 13.6. The van der Waals surface area contributed by atoms with Crippen LogP contribution in [0.1, 0.15) is 12.0 Å². The van der Waals surface area contributed by atoms with Gasteiger partial charge in [0.25, 0.3) is 11.6 Å².